The predicted molar refractivity (Wildman–Crippen MR) is 84.0 cm³/mol. The Morgan fingerprint density at radius 2 is 1.90 bits per heavy atom. The maximum Gasteiger partial charge on any atom is 0.303 e. The summed E-state index contributed by atoms with van der Waals surface area (Å²) in [4.78, 5) is 12.2. The van der Waals surface area contributed by atoms with Gasteiger partial charge in [-0.25, -0.2) is 0 Å². The molecule has 0 amide bonds. The van der Waals surface area contributed by atoms with Gasteiger partial charge in [0, 0.05) is 11.3 Å². The van der Waals surface area contributed by atoms with Gasteiger partial charge >= 0.3 is 5.97 Å². The molecule has 1 N–H and O–H groups in total. The zero-order chi connectivity index (χ0) is 14.5. The zero-order valence-corrected chi connectivity index (χ0v) is 12.7. The van der Waals surface area contributed by atoms with Gasteiger partial charge in [-0.2, -0.15) is 0 Å². The number of benzene rings is 1. The van der Waals surface area contributed by atoms with Crippen LogP contribution in [-0.4, -0.2) is 11.1 Å². The van der Waals surface area contributed by atoms with Gasteiger partial charge in [-0.3, -0.25) is 4.79 Å². The fourth-order valence-electron chi connectivity index (χ4n) is 2.32. The molecule has 1 heterocycles. The molecule has 0 aliphatic heterocycles. The lowest BCUT2D eigenvalue weighted by Gasteiger charge is -2.19. The molecule has 0 aliphatic rings. The Labute approximate surface area is 124 Å². The topological polar surface area (TPSA) is 37.3 Å². The number of carboxylic acid groups (broad SMARTS) is 1. The standard InChI is InChI=1S/C17H20O2S/c1-12(2)15(11-17(18)19)10-13-5-7-14(8-6-13)16-4-3-9-20-16/h3-9,12,15H,10-11H2,1-2H3,(H,18,19). The van der Waals surface area contributed by atoms with Crippen LogP contribution in [-0.2, 0) is 11.2 Å². The summed E-state index contributed by atoms with van der Waals surface area (Å²) >= 11 is 1.73. The van der Waals surface area contributed by atoms with Gasteiger partial charge in [-0.1, -0.05) is 44.2 Å². The lowest BCUT2D eigenvalue weighted by atomic mass is 9.86. The van der Waals surface area contributed by atoms with E-state index >= 15 is 0 Å². The SMILES string of the molecule is CC(C)C(CC(=O)O)Cc1ccc(-c2cccs2)cc1. The van der Waals surface area contributed by atoms with Crippen molar-refractivity contribution in [2.45, 2.75) is 26.7 Å². The summed E-state index contributed by atoms with van der Waals surface area (Å²) < 4.78 is 0. The van der Waals surface area contributed by atoms with Gasteiger partial charge in [0.15, 0.2) is 0 Å². The van der Waals surface area contributed by atoms with E-state index in [-0.39, 0.29) is 12.3 Å². The fraction of sp³-hybridized carbons (Fsp3) is 0.353. The summed E-state index contributed by atoms with van der Waals surface area (Å²) in [5.74, 6) is -0.137. The van der Waals surface area contributed by atoms with Crippen LogP contribution in [0.1, 0.15) is 25.8 Å². The first-order chi connectivity index (χ1) is 9.56. The maximum absolute atomic E-state index is 10.9. The molecule has 0 aliphatic carbocycles. The molecule has 106 valence electrons. The van der Waals surface area contributed by atoms with Crippen molar-refractivity contribution in [1.29, 1.82) is 0 Å². The molecule has 2 rings (SSSR count). The minimum atomic E-state index is -0.709. The summed E-state index contributed by atoms with van der Waals surface area (Å²) in [6.07, 6.45) is 1.07. The van der Waals surface area contributed by atoms with E-state index in [0.717, 1.165) is 6.42 Å². The average molecular weight is 288 g/mol. The fourth-order valence-corrected chi connectivity index (χ4v) is 3.05. The zero-order valence-electron chi connectivity index (χ0n) is 11.9. The molecule has 3 heteroatoms. The van der Waals surface area contributed by atoms with Crippen molar-refractivity contribution in [2.75, 3.05) is 0 Å². The van der Waals surface area contributed by atoms with Gasteiger partial charge in [0.05, 0.1) is 0 Å². The normalized spacial score (nSPS) is 12.6. The quantitative estimate of drug-likeness (QED) is 0.836. The highest BCUT2D eigenvalue weighted by atomic mass is 32.1. The van der Waals surface area contributed by atoms with Crippen molar-refractivity contribution < 1.29 is 9.90 Å². The first-order valence-electron chi connectivity index (χ1n) is 6.91. The highest BCUT2D eigenvalue weighted by Crippen LogP contribution is 2.26. The molecule has 0 fully saturated rings. The second-order valence-electron chi connectivity index (χ2n) is 5.48. The molecule has 0 saturated carbocycles. The lowest BCUT2D eigenvalue weighted by molar-refractivity contribution is -0.138. The molecule has 0 radical (unpaired) electrons. The molecule has 0 saturated heterocycles. The van der Waals surface area contributed by atoms with Crippen molar-refractivity contribution in [3.05, 3.63) is 47.3 Å². The van der Waals surface area contributed by atoms with Crippen LogP contribution >= 0.6 is 11.3 Å². The van der Waals surface area contributed by atoms with Crippen molar-refractivity contribution in [1.82, 2.24) is 0 Å². The Balaban J connectivity index is 2.07. The van der Waals surface area contributed by atoms with Crippen LogP contribution in [0.4, 0.5) is 0 Å². The summed E-state index contributed by atoms with van der Waals surface area (Å²) in [5.41, 5.74) is 2.44. The molecule has 1 unspecified atom stereocenters. The van der Waals surface area contributed by atoms with Crippen LogP contribution in [0.2, 0.25) is 0 Å². The summed E-state index contributed by atoms with van der Waals surface area (Å²) in [6, 6.07) is 12.6. The summed E-state index contributed by atoms with van der Waals surface area (Å²) in [5, 5.41) is 11.1. The molecule has 1 aromatic carbocycles. The van der Waals surface area contributed by atoms with E-state index in [2.05, 4.69) is 55.6 Å². The molecular formula is C17H20O2S. The maximum atomic E-state index is 10.9. The minimum absolute atomic E-state index is 0.195. The predicted octanol–water partition coefficient (Wildman–Crippen LogP) is 4.70. The van der Waals surface area contributed by atoms with E-state index in [1.807, 2.05) is 0 Å². The first kappa shape index (κ1) is 14.8. The molecule has 0 spiro atoms. The van der Waals surface area contributed by atoms with E-state index in [0.29, 0.717) is 5.92 Å². The Kier molecular flexibility index (Phi) is 4.96. The van der Waals surface area contributed by atoms with Gasteiger partial charge in [0.1, 0.15) is 0 Å². The number of hydrogen-bond donors (Lipinski definition) is 1. The minimum Gasteiger partial charge on any atom is -0.481 e. The number of aliphatic carboxylic acids is 1. The number of carboxylic acids is 1. The van der Waals surface area contributed by atoms with E-state index in [1.54, 1.807) is 11.3 Å². The Morgan fingerprint density at radius 3 is 2.40 bits per heavy atom. The van der Waals surface area contributed by atoms with Gasteiger partial charge in [-0.15, -0.1) is 11.3 Å². The van der Waals surface area contributed by atoms with Gasteiger partial charge in [0.25, 0.3) is 0 Å². The molecule has 1 atom stereocenters. The second-order valence-corrected chi connectivity index (χ2v) is 6.43. The third-order valence-corrected chi connectivity index (χ3v) is 4.56. The average Bonchev–Trinajstić information content (AvgIpc) is 2.92. The highest BCUT2D eigenvalue weighted by molar-refractivity contribution is 7.13. The smallest absolute Gasteiger partial charge is 0.303 e. The third kappa shape index (κ3) is 3.94. The third-order valence-electron chi connectivity index (χ3n) is 3.64. The van der Waals surface area contributed by atoms with Crippen molar-refractivity contribution in [3.8, 4) is 10.4 Å². The Morgan fingerprint density at radius 1 is 1.20 bits per heavy atom. The molecular weight excluding hydrogens is 268 g/mol. The van der Waals surface area contributed by atoms with E-state index < -0.39 is 5.97 Å². The number of thiophene rings is 1. The molecule has 0 bridgehead atoms. The highest BCUT2D eigenvalue weighted by Gasteiger charge is 2.17. The van der Waals surface area contributed by atoms with Crippen LogP contribution in [0.5, 0.6) is 0 Å². The number of hydrogen-bond acceptors (Lipinski definition) is 2. The van der Waals surface area contributed by atoms with E-state index in [4.69, 9.17) is 5.11 Å². The second kappa shape index (κ2) is 6.71. The van der Waals surface area contributed by atoms with Crippen LogP contribution < -0.4 is 0 Å². The van der Waals surface area contributed by atoms with Crippen molar-refractivity contribution in [3.63, 3.8) is 0 Å². The van der Waals surface area contributed by atoms with Gasteiger partial charge in [-0.05, 0) is 40.8 Å². The van der Waals surface area contributed by atoms with E-state index in [1.165, 1.54) is 16.0 Å². The largest absolute Gasteiger partial charge is 0.481 e. The Bertz CT molecular complexity index is 541. The molecule has 1 aromatic heterocycles. The summed E-state index contributed by atoms with van der Waals surface area (Å²) in [6.45, 7) is 4.18. The van der Waals surface area contributed by atoms with Gasteiger partial charge < -0.3 is 5.11 Å². The summed E-state index contributed by atoms with van der Waals surface area (Å²) in [7, 11) is 0. The van der Waals surface area contributed by atoms with Crippen LogP contribution in [0.3, 0.4) is 0 Å². The number of rotatable bonds is 6. The van der Waals surface area contributed by atoms with Crippen LogP contribution in [0.25, 0.3) is 10.4 Å². The van der Waals surface area contributed by atoms with Crippen LogP contribution in [0, 0.1) is 11.8 Å². The number of carbonyl (C=O) groups is 1. The Hall–Kier alpha value is -1.61. The molecule has 20 heavy (non-hydrogen) atoms. The lowest BCUT2D eigenvalue weighted by Crippen LogP contribution is -2.16. The molecule has 2 aromatic rings. The van der Waals surface area contributed by atoms with Crippen molar-refractivity contribution in [2.24, 2.45) is 11.8 Å². The van der Waals surface area contributed by atoms with Crippen LogP contribution in [0.15, 0.2) is 41.8 Å². The van der Waals surface area contributed by atoms with E-state index in [9.17, 15) is 4.79 Å². The monoisotopic (exact) mass is 288 g/mol. The first-order valence-corrected chi connectivity index (χ1v) is 7.79. The van der Waals surface area contributed by atoms with Crippen molar-refractivity contribution >= 4 is 17.3 Å². The van der Waals surface area contributed by atoms with Gasteiger partial charge in [0.2, 0.25) is 0 Å². The molecule has 2 nitrogen and oxygen atoms in total.